The quantitative estimate of drug-likeness (QED) is 0.459. The lowest BCUT2D eigenvalue weighted by molar-refractivity contribution is -0.139. The smallest absolute Gasteiger partial charge is 0.336 e. The number of benzene rings is 1. The number of hydrogen-bond donors (Lipinski definition) is 1. The van der Waals surface area contributed by atoms with Gasteiger partial charge >= 0.3 is 5.97 Å². The van der Waals surface area contributed by atoms with Crippen LogP contribution in [0, 0.1) is 22.7 Å². The Kier molecular flexibility index (Phi) is 7.99. The molecule has 0 amide bonds. The molecular formula is C26H30N4O4. The van der Waals surface area contributed by atoms with Crippen molar-refractivity contribution in [1.82, 2.24) is 10.2 Å². The number of dihydropyridines is 1. The van der Waals surface area contributed by atoms with E-state index in [1.165, 1.54) is 0 Å². The topological polar surface area (TPSA) is 108 Å². The molecule has 1 N–H and O–H groups in total. The van der Waals surface area contributed by atoms with Gasteiger partial charge in [0.05, 0.1) is 36.8 Å². The fraction of sp³-hybridized carbons (Fsp3) is 0.423. The number of nitrogens with one attached hydrogen (secondary N) is 1. The third kappa shape index (κ3) is 4.64. The molecule has 1 aromatic carbocycles. The number of carbonyl (C=O) groups is 1. The summed E-state index contributed by atoms with van der Waals surface area (Å²) in [6, 6.07) is 9.34. The molecule has 2 heterocycles. The van der Waals surface area contributed by atoms with Gasteiger partial charge in [-0.05, 0) is 45.4 Å². The standard InChI is InChI=1S/C26H30N4O4/c1-6-30-15-16(3)24-23(25(30)33-7-2)22(19-10-9-18(14-28)13-20(19)32-5)21(17(4)29-24)26(31)34-12-8-11-27/h9-10,13,15,22,25,29H,6-8,12H2,1-5H3. The Labute approximate surface area is 200 Å². The molecule has 178 valence electrons. The minimum Gasteiger partial charge on any atom is -0.496 e. The van der Waals surface area contributed by atoms with Gasteiger partial charge in [-0.15, -0.1) is 0 Å². The van der Waals surface area contributed by atoms with E-state index >= 15 is 0 Å². The van der Waals surface area contributed by atoms with Crippen LogP contribution in [0.25, 0.3) is 0 Å². The summed E-state index contributed by atoms with van der Waals surface area (Å²) in [5.74, 6) is -0.546. The second-order valence-electron chi connectivity index (χ2n) is 7.99. The van der Waals surface area contributed by atoms with E-state index in [0.29, 0.717) is 35.7 Å². The molecule has 0 aliphatic carbocycles. The molecule has 2 aliphatic heterocycles. The largest absolute Gasteiger partial charge is 0.496 e. The van der Waals surface area contributed by atoms with Crippen molar-refractivity contribution in [3.05, 3.63) is 63.6 Å². The van der Waals surface area contributed by atoms with Crippen molar-refractivity contribution in [2.45, 2.75) is 46.3 Å². The van der Waals surface area contributed by atoms with E-state index in [1.54, 1.807) is 19.2 Å². The molecular weight excluding hydrogens is 432 g/mol. The number of hydrogen-bond acceptors (Lipinski definition) is 8. The molecule has 2 atom stereocenters. The van der Waals surface area contributed by atoms with Gasteiger partial charge in [-0.2, -0.15) is 10.5 Å². The van der Waals surface area contributed by atoms with Crippen LogP contribution in [-0.4, -0.2) is 44.0 Å². The van der Waals surface area contributed by atoms with Gasteiger partial charge in [0.1, 0.15) is 12.4 Å². The molecule has 2 aliphatic rings. The summed E-state index contributed by atoms with van der Waals surface area (Å²) < 4.78 is 17.4. The number of likely N-dealkylation sites (N-methyl/N-ethyl adjacent to an activating group) is 1. The molecule has 8 heteroatoms. The average Bonchev–Trinajstić information content (AvgIpc) is 2.84. The van der Waals surface area contributed by atoms with E-state index in [-0.39, 0.29) is 13.0 Å². The number of allylic oxidation sites excluding steroid dienone is 2. The van der Waals surface area contributed by atoms with Gasteiger partial charge in [0.15, 0.2) is 6.23 Å². The monoisotopic (exact) mass is 462 g/mol. The number of rotatable bonds is 8. The average molecular weight is 463 g/mol. The second-order valence-corrected chi connectivity index (χ2v) is 7.99. The lowest BCUT2D eigenvalue weighted by Gasteiger charge is -2.43. The maximum Gasteiger partial charge on any atom is 0.336 e. The first-order valence-electron chi connectivity index (χ1n) is 11.3. The maximum atomic E-state index is 13.3. The number of nitrogens with zero attached hydrogens (tertiary/aromatic N) is 3. The van der Waals surface area contributed by atoms with Crippen LogP contribution in [0.2, 0.25) is 0 Å². The maximum absolute atomic E-state index is 13.3. The van der Waals surface area contributed by atoms with Crippen LogP contribution in [-0.2, 0) is 14.3 Å². The van der Waals surface area contributed by atoms with E-state index in [2.05, 4.69) is 22.5 Å². The first-order chi connectivity index (χ1) is 16.4. The third-order valence-electron chi connectivity index (χ3n) is 5.96. The van der Waals surface area contributed by atoms with E-state index in [0.717, 1.165) is 22.4 Å². The molecule has 0 spiro atoms. The highest BCUT2D eigenvalue weighted by molar-refractivity contribution is 5.93. The number of esters is 1. The second kappa shape index (κ2) is 10.9. The fourth-order valence-electron chi connectivity index (χ4n) is 4.48. The molecule has 1 aromatic rings. The lowest BCUT2D eigenvalue weighted by atomic mass is 9.77. The highest BCUT2D eigenvalue weighted by Crippen LogP contribution is 2.47. The van der Waals surface area contributed by atoms with Crippen LogP contribution >= 0.6 is 0 Å². The first-order valence-corrected chi connectivity index (χ1v) is 11.3. The molecule has 0 fully saturated rings. The fourth-order valence-corrected chi connectivity index (χ4v) is 4.48. The number of carbonyl (C=O) groups excluding carboxylic acids is 1. The van der Waals surface area contributed by atoms with Crippen LogP contribution in [0.1, 0.15) is 51.2 Å². The molecule has 3 rings (SSSR count). The first kappa shape index (κ1) is 24.9. The minimum atomic E-state index is -0.539. The Morgan fingerprint density at radius 3 is 2.62 bits per heavy atom. The van der Waals surface area contributed by atoms with E-state index in [9.17, 15) is 10.1 Å². The summed E-state index contributed by atoms with van der Waals surface area (Å²) in [7, 11) is 1.54. The third-order valence-corrected chi connectivity index (χ3v) is 5.96. The minimum absolute atomic E-state index is 0.00411. The molecule has 0 saturated heterocycles. The van der Waals surface area contributed by atoms with Crippen LogP contribution in [0.15, 0.2) is 52.5 Å². The van der Waals surface area contributed by atoms with Crippen LogP contribution in [0.4, 0.5) is 0 Å². The van der Waals surface area contributed by atoms with Gasteiger partial charge in [-0.25, -0.2) is 4.79 Å². The Balaban J connectivity index is 2.26. The highest BCUT2D eigenvalue weighted by atomic mass is 16.5. The number of methoxy groups -OCH3 is 1. The molecule has 0 saturated carbocycles. The van der Waals surface area contributed by atoms with Crippen LogP contribution in [0.3, 0.4) is 0 Å². The van der Waals surface area contributed by atoms with E-state index in [1.807, 2.05) is 39.8 Å². The normalized spacial score (nSPS) is 19.5. The van der Waals surface area contributed by atoms with Crippen molar-refractivity contribution in [2.75, 3.05) is 26.9 Å². The SMILES string of the molecule is CCOC1C2=C(NC(C)=C(C(=O)OCCC#N)C2c2ccc(C#N)cc2OC)C(C)=CN1CC. The molecule has 0 bridgehead atoms. The lowest BCUT2D eigenvalue weighted by Crippen LogP contribution is -2.45. The number of nitriles is 2. The van der Waals surface area contributed by atoms with Gasteiger partial charge in [0, 0.05) is 47.8 Å². The van der Waals surface area contributed by atoms with Crippen molar-refractivity contribution >= 4 is 5.97 Å². The summed E-state index contributed by atoms with van der Waals surface area (Å²) in [4.78, 5) is 15.4. The predicted octanol–water partition coefficient (Wildman–Crippen LogP) is 3.84. The van der Waals surface area contributed by atoms with Crippen LogP contribution in [0.5, 0.6) is 5.75 Å². The van der Waals surface area contributed by atoms with Crippen molar-refractivity contribution in [2.24, 2.45) is 0 Å². The molecule has 34 heavy (non-hydrogen) atoms. The number of ether oxygens (including phenoxy) is 3. The van der Waals surface area contributed by atoms with Gasteiger partial charge in [0.2, 0.25) is 0 Å². The van der Waals surface area contributed by atoms with Crippen molar-refractivity contribution in [3.8, 4) is 17.9 Å². The summed E-state index contributed by atoms with van der Waals surface area (Å²) in [6.07, 6.45) is 1.75. The zero-order valence-electron chi connectivity index (χ0n) is 20.3. The Morgan fingerprint density at radius 1 is 1.24 bits per heavy atom. The highest BCUT2D eigenvalue weighted by Gasteiger charge is 2.43. The Morgan fingerprint density at radius 2 is 2.00 bits per heavy atom. The Hall–Kier alpha value is -3.75. The van der Waals surface area contributed by atoms with E-state index < -0.39 is 18.1 Å². The summed E-state index contributed by atoms with van der Waals surface area (Å²) in [5.41, 5.74) is 5.06. The van der Waals surface area contributed by atoms with Crippen LogP contribution < -0.4 is 10.1 Å². The van der Waals surface area contributed by atoms with Gasteiger partial charge in [-0.1, -0.05) is 6.07 Å². The predicted molar refractivity (Wildman–Crippen MR) is 126 cm³/mol. The molecule has 2 unspecified atom stereocenters. The van der Waals surface area contributed by atoms with Crippen molar-refractivity contribution in [3.63, 3.8) is 0 Å². The van der Waals surface area contributed by atoms with Gasteiger partial charge < -0.3 is 24.4 Å². The zero-order chi connectivity index (χ0) is 24.8. The summed E-state index contributed by atoms with van der Waals surface area (Å²) >= 11 is 0. The van der Waals surface area contributed by atoms with Crippen molar-refractivity contribution < 1.29 is 19.0 Å². The van der Waals surface area contributed by atoms with Gasteiger partial charge in [0.25, 0.3) is 0 Å². The van der Waals surface area contributed by atoms with Gasteiger partial charge in [-0.3, -0.25) is 0 Å². The molecule has 0 aromatic heterocycles. The summed E-state index contributed by atoms with van der Waals surface area (Å²) in [5, 5.41) is 21.7. The van der Waals surface area contributed by atoms with Crippen molar-refractivity contribution in [1.29, 1.82) is 10.5 Å². The molecule has 8 nitrogen and oxygen atoms in total. The Bertz CT molecular complexity index is 1140. The summed E-state index contributed by atoms with van der Waals surface area (Å²) in [6.45, 7) is 9.03. The zero-order valence-corrected chi connectivity index (χ0v) is 20.3. The van der Waals surface area contributed by atoms with E-state index in [4.69, 9.17) is 19.5 Å². The molecule has 0 radical (unpaired) electrons.